The average molecular weight is 390 g/mol. The van der Waals surface area contributed by atoms with Gasteiger partial charge in [0, 0.05) is 50.0 Å². The van der Waals surface area contributed by atoms with Crippen molar-refractivity contribution in [1.29, 1.82) is 0 Å². The van der Waals surface area contributed by atoms with E-state index in [0.717, 1.165) is 52.7 Å². The second-order valence-corrected chi connectivity index (χ2v) is 8.11. The summed E-state index contributed by atoms with van der Waals surface area (Å²) >= 11 is 0. The monoisotopic (exact) mass is 389 g/mol. The van der Waals surface area contributed by atoms with Gasteiger partial charge in [-0.25, -0.2) is 15.0 Å². The van der Waals surface area contributed by atoms with E-state index in [2.05, 4.69) is 36.8 Å². The molecule has 0 aliphatic carbocycles. The highest BCUT2D eigenvalue weighted by molar-refractivity contribution is 6.08. The van der Waals surface area contributed by atoms with Crippen LogP contribution in [0.4, 0.5) is 5.95 Å². The Kier molecular flexibility index (Phi) is 4.94. The van der Waals surface area contributed by atoms with Crippen LogP contribution < -0.4 is 4.90 Å². The number of hydrogen-bond acceptors (Lipinski definition) is 5. The number of rotatable bonds is 3. The number of aryl methyl sites for hydroxylation is 2. The molecular weight excluding hydrogens is 362 g/mol. The highest BCUT2D eigenvalue weighted by atomic mass is 16.2. The third-order valence-corrected chi connectivity index (χ3v) is 5.88. The quantitative estimate of drug-likeness (QED) is 0.678. The van der Waals surface area contributed by atoms with Gasteiger partial charge >= 0.3 is 0 Å². The Balaban J connectivity index is 1.89. The van der Waals surface area contributed by atoms with Crippen molar-refractivity contribution in [3.63, 3.8) is 0 Å². The summed E-state index contributed by atoms with van der Waals surface area (Å²) in [6.45, 7) is 7.07. The molecule has 6 nitrogen and oxygen atoms in total. The van der Waals surface area contributed by atoms with Crippen LogP contribution in [0.25, 0.3) is 22.2 Å². The Morgan fingerprint density at radius 2 is 1.90 bits per heavy atom. The van der Waals surface area contributed by atoms with Gasteiger partial charge in [-0.1, -0.05) is 12.1 Å². The summed E-state index contributed by atoms with van der Waals surface area (Å²) in [4.78, 5) is 31.0. The standard InChI is InChI=1S/C23H27N5O/c1-14-8-9-18-19(22(29)28-10-6-7-15(28)2)11-20(26-21(18)16(14)3)17-12-24-23(25-13-17)27(4)5/h8-9,11-13,15H,6-7,10H2,1-5H3/t15-/m0/s1. The summed E-state index contributed by atoms with van der Waals surface area (Å²) in [6, 6.07) is 6.26. The van der Waals surface area contributed by atoms with Crippen LogP contribution in [0.3, 0.4) is 0 Å². The molecular formula is C23H27N5O. The summed E-state index contributed by atoms with van der Waals surface area (Å²) in [6.07, 6.45) is 5.66. The largest absolute Gasteiger partial charge is 0.347 e. The molecule has 1 fully saturated rings. The molecule has 1 amide bonds. The highest BCUT2D eigenvalue weighted by Gasteiger charge is 2.28. The Bertz CT molecular complexity index is 1070. The van der Waals surface area contributed by atoms with Crippen LogP contribution >= 0.6 is 0 Å². The molecule has 3 aromatic rings. The van der Waals surface area contributed by atoms with E-state index in [0.29, 0.717) is 11.5 Å². The lowest BCUT2D eigenvalue weighted by atomic mass is 9.99. The second-order valence-electron chi connectivity index (χ2n) is 8.11. The van der Waals surface area contributed by atoms with Crippen LogP contribution in [0.15, 0.2) is 30.6 Å². The van der Waals surface area contributed by atoms with Crippen molar-refractivity contribution in [2.24, 2.45) is 0 Å². The molecule has 0 radical (unpaired) electrons. The molecule has 0 bridgehead atoms. The first-order chi connectivity index (χ1) is 13.9. The molecule has 1 aromatic carbocycles. The SMILES string of the molecule is Cc1ccc2c(C(=O)N3CCC[C@@H]3C)cc(-c3cnc(N(C)C)nc3)nc2c1C. The molecule has 4 rings (SSSR count). The van der Waals surface area contributed by atoms with E-state index in [1.54, 1.807) is 12.4 Å². The molecule has 1 atom stereocenters. The number of carbonyl (C=O) groups excluding carboxylic acids is 1. The number of aromatic nitrogens is 3. The zero-order chi connectivity index (χ0) is 20.7. The first kappa shape index (κ1) is 19.3. The van der Waals surface area contributed by atoms with Crippen molar-refractivity contribution in [3.8, 4) is 11.3 Å². The fourth-order valence-corrected chi connectivity index (χ4v) is 3.93. The number of pyridine rings is 1. The molecule has 6 heteroatoms. The first-order valence-corrected chi connectivity index (χ1v) is 10.1. The molecule has 0 unspecified atom stereocenters. The maximum atomic E-state index is 13.5. The number of nitrogens with zero attached hydrogens (tertiary/aromatic N) is 5. The van der Waals surface area contributed by atoms with Crippen LogP contribution in [0.1, 0.15) is 41.3 Å². The molecule has 0 spiro atoms. The molecule has 3 heterocycles. The number of likely N-dealkylation sites (tertiary alicyclic amines) is 1. The summed E-state index contributed by atoms with van der Waals surface area (Å²) in [5, 5.41) is 0.909. The van der Waals surface area contributed by atoms with Crippen LogP contribution in [0, 0.1) is 13.8 Å². The zero-order valence-electron chi connectivity index (χ0n) is 17.7. The van der Waals surface area contributed by atoms with E-state index >= 15 is 0 Å². The maximum Gasteiger partial charge on any atom is 0.254 e. The smallest absolute Gasteiger partial charge is 0.254 e. The zero-order valence-corrected chi connectivity index (χ0v) is 17.7. The van der Waals surface area contributed by atoms with Gasteiger partial charge in [-0.15, -0.1) is 0 Å². The number of carbonyl (C=O) groups is 1. The number of benzene rings is 1. The lowest BCUT2D eigenvalue weighted by molar-refractivity contribution is 0.0749. The predicted octanol–water partition coefficient (Wildman–Crippen LogP) is 4.00. The third-order valence-electron chi connectivity index (χ3n) is 5.88. The van der Waals surface area contributed by atoms with Gasteiger partial charge in [-0.2, -0.15) is 0 Å². The summed E-state index contributed by atoms with van der Waals surface area (Å²) in [7, 11) is 3.81. The summed E-state index contributed by atoms with van der Waals surface area (Å²) < 4.78 is 0. The molecule has 150 valence electrons. The van der Waals surface area contributed by atoms with Gasteiger partial charge in [0.1, 0.15) is 0 Å². The van der Waals surface area contributed by atoms with Crippen molar-refractivity contribution < 1.29 is 4.79 Å². The minimum atomic E-state index is 0.0812. The van der Waals surface area contributed by atoms with Crippen molar-refractivity contribution in [2.45, 2.75) is 39.7 Å². The number of amides is 1. The minimum absolute atomic E-state index is 0.0812. The lowest BCUT2D eigenvalue weighted by Gasteiger charge is -2.23. The normalized spacial score (nSPS) is 16.4. The van der Waals surface area contributed by atoms with Gasteiger partial charge in [0.2, 0.25) is 5.95 Å². The molecule has 0 N–H and O–H groups in total. The van der Waals surface area contributed by atoms with Gasteiger partial charge in [0.05, 0.1) is 16.8 Å². The van der Waals surface area contributed by atoms with Crippen molar-refractivity contribution in [1.82, 2.24) is 19.9 Å². The molecule has 0 saturated carbocycles. The molecule has 1 saturated heterocycles. The molecule has 1 aliphatic heterocycles. The average Bonchev–Trinajstić information content (AvgIpc) is 3.15. The van der Waals surface area contributed by atoms with Crippen LogP contribution in [0.5, 0.6) is 0 Å². The topological polar surface area (TPSA) is 62.2 Å². The van der Waals surface area contributed by atoms with E-state index in [1.165, 1.54) is 0 Å². The minimum Gasteiger partial charge on any atom is -0.347 e. The fourth-order valence-electron chi connectivity index (χ4n) is 3.93. The fraction of sp³-hybridized carbons (Fsp3) is 0.391. The van der Waals surface area contributed by atoms with E-state index in [9.17, 15) is 4.79 Å². The van der Waals surface area contributed by atoms with Crippen LogP contribution in [0.2, 0.25) is 0 Å². The van der Waals surface area contributed by atoms with Gasteiger partial charge < -0.3 is 9.80 Å². The number of fused-ring (bicyclic) bond motifs is 1. The lowest BCUT2D eigenvalue weighted by Crippen LogP contribution is -2.33. The van der Waals surface area contributed by atoms with Crippen LogP contribution in [-0.2, 0) is 0 Å². The van der Waals surface area contributed by atoms with Gasteiger partial charge in [-0.05, 0) is 50.8 Å². The first-order valence-electron chi connectivity index (χ1n) is 10.1. The van der Waals surface area contributed by atoms with Crippen molar-refractivity contribution in [2.75, 3.05) is 25.5 Å². The van der Waals surface area contributed by atoms with Gasteiger partial charge in [-0.3, -0.25) is 4.79 Å². The van der Waals surface area contributed by atoms with Gasteiger partial charge in [0.15, 0.2) is 0 Å². The third kappa shape index (κ3) is 3.43. The number of anilines is 1. The molecule has 29 heavy (non-hydrogen) atoms. The van der Waals surface area contributed by atoms with Crippen molar-refractivity contribution >= 4 is 22.8 Å². The van der Waals surface area contributed by atoms with E-state index in [4.69, 9.17) is 4.98 Å². The Labute approximate surface area is 171 Å². The summed E-state index contributed by atoms with van der Waals surface area (Å²) in [5.74, 6) is 0.724. The Morgan fingerprint density at radius 1 is 1.17 bits per heavy atom. The Morgan fingerprint density at radius 3 is 2.52 bits per heavy atom. The second kappa shape index (κ2) is 7.43. The van der Waals surface area contributed by atoms with E-state index in [1.807, 2.05) is 36.0 Å². The van der Waals surface area contributed by atoms with Crippen molar-refractivity contribution in [3.05, 3.63) is 47.3 Å². The Hall–Kier alpha value is -3.02. The maximum absolute atomic E-state index is 13.5. The van der Waals surface area contributed by atoms with E-state index < -0.39 is 0 Å². The number of hydrogen-bond donors (Lipinski definition) is 0. The highest BCUT2D eigenvalue weighted by Crippen LogP contribution is 2.30. The van der Waals surface area contributed by atoms with Crippen LogP contribution in [-0.4, -0.2) is 52.4 Å². The van der Waals surface area contributed by atoms with Gasteiger partial charge in [0.25, 0.3) is 5.91 Å². The molecule has 2 aromatic heterocycles. The molecule has 1 aliphatic rings. The van der Waals surface area contributed by atoms with E-state index in [-0.39, 0.29) is 11.9 Å². The summed E-state index contributed by atoms with van der Waals surface area (Å²) in [5.41, 5.74) is 5.37. The predicted molar refractivity (Wildman–Crippen MR) is 116 cm³/mol.